The third kappa shape index (κ3) is 2.10. The van der Waals surface area contributed by atoms with Crippen molar-refractivity contribution in [3.8, 4) is 0 Å². The van der Waals surface area contributed by atoms with Gasteiger partial charge in [0.1, 0.15) is 0 Å². The van der Waals surface area contributed by atoms with E-state index < -0.39 is 0 Å². The van der Waals surface area contributed by atoms with E-state index in [0.29, 0.717) is 0 Å². The molecule has 78 valence electrons. The first-order valence-corrected chi connectivity index (χ1v) is 4.99. The maximum atomic E-state index is 4.23. The predicted molar refractivity (Wildman–Crippen MR) is 53.7 cm³/mol. The molecule has 2 N–H and O–H groups in total. The largest absolute Gasteiger partial charge is 0.315 e. The highest BCUT2D eigenvalue weighted by atomic mass is 15.4. The fourth-order valence-electron chi connectivity index (χ4n) is 1.74. The lowest BCUT2D eigenvalue weighted by atomic mass is 10.0. The van der Waals surface area contributed by atoms with Crippen LogP contribution in [-0.4, -0.2) is 33.6 Å². The summed E-state index contributed by atoms with van der Waals surface area (Å²) in [6.45, 7) is 5.17. The molecule has 1 aliphatic rings. The molecule has 5 heteroatoms. The van der Waals surface area contributed by atoms with Crippen LogP contribution in [0.1, 0.15) is 19.0 Å². The van der Waals surface area contributed by atoms with Crippen LogP contribution in [0.5, 0.6) is 0 Å². The van der Waals surface area contributed by atoms with E-state index >= 15 is 0 Å². The van der Waals surface area contributed by atoms with Gasteiger partial charge in [0.05, 0.1) is 11.9 Å². The van der Waals surface area contributed by atoms with Gasteiger partial charge >= 0.3 is 0 Å². The molecule has 1 fully saturated rings. The van der Waals surface area contributed by atoms with Crippen molar-refractivity contribution >= 4 is 0 Å². The average Bonchev–Trinajstić information content (AvgIpc) is 2.73. The monoisotopic (exact) mass is 195 g/mol. The number of aryl methyl sites for hydroxylation is 1. The van der Waals surface area contributed by atoms with Gasteiger partial charge in [0.25, 0.3) is 0 Å². The molecule has 2 heterocycles. The molecule has 0 aromatic carbocycles. The summed E-state index contributed by atoms with van der Waals surface area (Å²) >= 11 is 0. The number of hydrogen-bond acceptors (Lipinski definition) is 4. The molecular weight excluding hydrogens is 178 g/mol. The summed E-state index contributed by atoms with van der Waals surface area (Å²) < 4.78 is 0. The first-order valence-electron chi connectivity index (χ1n) is 4.99. The van der Waals surface area contributed by atoms with Crippen molar-refractivity contribution in [2.75, 3.05) is 13.1 Å². The van der Waals surface area contributed by atoms with Gasteiger partial charge in [-0.05, 0) is 19.9 Å². The van der Waals surface area contributed by atoms with Crippen LogP contribution in [0.4, 0.5) is 0 Å². The second kappa shape index (κ2) is 3.67. The predicted octanol–water partition coefficient (Wildman–Crippen LogP) is -0.343. The highest BCUT2D eigenvalue weighted by Crippen LogP contribution is 2.13. The van der Waals surface area contributed by atoms with Gasteiger partial charge in [0, 0.05) is 25.7 Å². The Balaban J connectivity index is 1.87. The molecule has 0 aliphatic carbocycles. The van der Waals surface area contributed by atoms with Gasteiger partial charge in [-0.1, -0.05) is 0 Å². The van der Waals surface area contributed by atoms with Crippen molar-refractivity contribution in [2.45, 2.75) is 25.4 Å². The van der Waals surface area contributed by atoms with E-state index in [1.807, 2.05) is 7.05 Å². The lowest BCUT2D eigenvalue weighted by Crippen LogP contribution is -2.43. The Labute approximate surface area is 83.9 Å². The molecule has 1 saturated heterocycles. The van der Waals surface area contributed by atoms with Crippen LogP contribution in [0.15, 0.2) is 6.20 Å². The van der Waals surface area contributed by atoms with Gasteiger partial charge in [0.2, 0.25) is 0 Å². The lowest BCUT2D eigenvalue weighted by Gasteiger charge is -2.23. The summed E-state index contributed by atoms with van der Waals surface area (Å²) in [5.74, 6) is 0. The Hall–Kier alpha value is -0.940. The second-order valence-corrected chi connectivity index (χ2v) is 4.17. The highest BCUT2D eigenvalue weighted by molar-refractivity contribution is 4.96. The quantitative estimate of drug-likeness (QED) is 0.692. The molecule has 14 heavy (non-hydrogen) atoms. The molecule has 1 aromatic rings. The molecule has 2 rings (SSSR count). The molecule has 1 aromatic heterocycles. The average molecular weight is 195 g/mol. The van der Waals surface area contributed by atoms with Crippen LogP contribution in [0.3, 0.4) is 0 Å². The third-order valence-electron chi connectivity index (χ3n) is 2.71. The van der Waals surface area contributed by atoms with Crippen LogP contribution in [-0.2, 0) is 13.6 Å². The Morgan fingerprint density at radius 3 is 3.14 bits per heavy atom. The molecular formula is C9H17N5. The summed E-state index contributed by atoms with van der Waals surface area (Å²) in [6.07, 6.45) is 2.98. The van der Waals surface area contributed by atoms with Crippen molar-refractivity contribution in [3.05, 3.63) is 11.9 Å². The fourth-order valence-corrected chi connectivity index (χ4v) is 1.74. The fraction of sp³-hybridized carbons (Fsp3) is 0.778. The maximum absolute atomic E-state index is 4.23. The number of hydrogen-bond donors (Lipinski definition) is 2. The molecule has 5 nitrogen and oxygen atoms in total. The summed E-state index contributed by atoms with van der Waals surface area (Å²) in [4.78, 5) is 1.59. The van der Waals surface area contributed by atoms with Gasteiger partial charge in [0.15, 0.2) is 0 Å². The van der Waals surface area contributed by atoms with E-state index in [-0.39, 0.29) is 5.54 Å². The molecule has 0 spiro atoms. The number of aromatic nitrogens is 3. The van der Waals surface area contributed by atoms with E-state index in [2.05, 4.69) is 27.8 Å². The SMILES string of the molecule is Cn1ncc(CNC2(C)CCNC2)n1. The highest BCUT2D eigenvalue weighted by Gasteiger charge is 2.27. The molecule has 1 unspecified atom stereocenters. The zero-order chi connectivity index (χ0) is 10.0. The Kier molecular flexibility index (Phi) is 2.52. The van der Waals surface area contributed by atoms with Crippen molar-refractivity contribution in [1.29, 1.82) is 0 Å². The first kappa shape index (κ1) is 9.61. The Morgan fingerprint density at radius 2 is 2.57 bits per heavy atom. The van der Waals surface area contributed by atoms with E-state index in [4.69, 9.17) is 0 Å². The molecule has 1 atom stereocenters. The van der Waals surface area contributed by atoms with Crippen molar-refractivity contribution in [3.63, 3.8) is 0 Å². The molecule has 0 bridgehead atoms. The maximum Gasteiger partial charge on any atom is 0.0964 e. The van der Waals surface area contributed by atoms with Crippen LogP contribution < -0.4 is 10.6 Å². The number of nitrogens with zero attached hydrogens (tertiary/aromatic N) is 3. The lowest BCUT2D eigenvalue weighted by molar-refractivity contribution is 0.382. The van der Waals surface area contributed by atoms with Crippen LogP contribution in [0.25, 0.3) is 0 Å². The van der Waals surface area contributed by atoms with E-state index in [9.17, 15) is 0 Å². The van der Waals surface area contributed by atoms with Gasteiger partial charge in [-0.25, -0.2) is 0 Å². The smallest absolute Gasteiger partial charge is 0.0964 e. The molecule has 0 saturated carbocycles. The summed E-state index contributed by atoms with van der Waals surface area (Å²) in [6, 6.07) is 0. The van der Waals surface area contributed by atoms with Crippen LogP contribution >= 0.6 is 0 Å². The summed E-state index contributed by atoms with van der Waals surface area (Å²) in [5, 5.41) is 15.1. The zero-order valence-electron chi connectivity index (χ0n) is 8.75. The Bertz CT molecular complexity index is 300. The van der Waals surface area contributed by atoms with Gasteiger partial charge in [-0.3, -0.25) is 0 Å². The standard InChI is InChI=1S/C9H17N5/c1-9(3-4-10-7-9)11-5-8-6-12-14(2)13-8/h6,10-11H,3-5,7H2,1-2H3. The normalized spacial score (nSPS) is 27.0. The van der Waals surface area contributed by atoms with Crippen LogP contribution in [0, 0.1) is 0 Å². The van der Waals surface area contributed by atoms with E-state index in [0.717, 1.165) is 25.3 Å². The number of rotatable bonds is 3. The van der Waals surface area contributed by atoms with Gasteiger partial charge in [-0.2, -0.15) is 15.0 Å². The first-order chi connectivity index (χ1) is 6.68. The zero-order valence-corrected chi connectivity index (χ0v) is 8.75. The van der Waals surface area contributed by atoms with E-state index in [1.54, 1.807) is 11.0 Å². The summed E-state index contributed by atoms with van der Waals surface area (Å²) in [5.41, 5.74) is 1.22. The van der Waals surface area contributed by atoms with Crippen molar-refractivity contribution in [1.82, 2.24) is 25.6 Å². The topological polar surface area (TPSA) is 54.8 Å². The molecule has 0 amide bonds. The minimum atomic E-state index is 0.220. The minimum Gasteiger partial charge on any atom is -0.315 e. The second-order valence-electron chi connectivity index (χ2n) is 4.17. The number of nitrogens with one attached hydrogen (secondary N) is 2. The summed E-state index contributed by atoms with van der Waals surface area (Å²) in [7, 11) is 1.84. The van der Waals surface area contributed by atoms with Crippen LogP contribution in [0.2, 0.25) is 0 Å². The Morgan fingerprint density at radius 1 is 1.71 bits per heavy atom. The van der Waals surface area contributed by atoms with E-state index in [1.165, 1.54) is 6.42 Å². The van der Waals surface area contributed by atoms with Crippen molar-refractivity contribution < 1.29 is 0 Å². The third-order valence-corrected chi connectivity index (χ3v) is 2.71. The van der Waals surface area contributed by atoms with Crippen molar-refractivity contribution in [2.24, 2.45) is 7.05 Å². The van der Waals surface area contributed by atoms with Gasteiger partial charge in [-0.15, -0.1) is 0 Å². The molecule has 0 radical (unpaired) electrons. The van der Waals surface area contributed by atoms with Gasteiger partial charge < -0.3 is 10.6 Å². The minimum absolute atomic E-state index is 0.220. The molecule has 1 aliphatic heterocycles.